The number of fused-ring (bicyclic) bond motifs is 1. The predicted octanol–water partition coefficient (Wildman–Crippen LogP) is 4.00. The number of pyridine rings is 1. The molecule has 0 fully saturated rings. The fraction of sp³-hybridized carbons (Fsp3) is 0.444. The molecule has 21 heavy (non-hydrogen) atoms. The lowest BCUT2D eigenvalue weighted by atomic mass is 10.1. The molecule has 2 aromatic rings. The highest BCUT2D eigenvalue weighted by Gasteiger charge is 2.01. The average molecular weight is 285 g/mol. The Kier molecular flexibility index (Phi) is 5.73. The van der Waals surface area contributed by atoms with E-state index in [1.807, 2.05) is 24.3 Å². The summed E-state index contributed by atoms with van der Waals surface area (Å²) in [5.41, 5.74) is 2.03. The molecule has 112 valence electrons. The molecule has 0 spiro atoms. The number of ketones is 1. The fourth-order valence-electron chi connectivity index (χ4n) is 2.61. The quantitative estimate of drug-likeness (QED) is 0.745. The van der Waals surface area contributed by atoms with Crippen LogP contribution in [0.5, 0.6) is 0 Å². The Morgan fingerprint density at radius 3 is 2.57 bits per heavy atom. The summed E-state index contributed by atoms with van der Waals surface area (Å²) in [5.74, 6) is 0.281. The Hall–Kier alpha value is -1.90. The molecule has 0 aliphatic rings. The number of nitrogens with one attached hydrogen (secondary N) is 1. The zero-order valence-electron chi connectivity index (χ0n) is 12.7. The lowest BCUT2D eigenvalue weighted by Crippen LogP contribution is -2.05. The van der Waals surface area contributed by atoms with Crippen LogP contribution >= 0.6 is 0 Å². The van der Waals surface area contributed by atoms with Gasteiger partial charge in [-0.2, -0.15) is 0 Å². The molecule has 0 radical (unpaired) electrons. The number of rotatable bonds is 8. The van der Waals surface area contributed by atoms with Gasteiger partial charge >= 0.3 is 0 Å². The predicted molar refractivity (Wildman–Crippen MR) is 86.7 cm³/mol. The second-order valence-electron chi connectivity index (χ2n) is 5.67. The molecule has 0 atom stereocenters. The first-order valence-corrected chi connectivity index (χ1v) is 7.77. The van der Waals surface area contributed by atoms with E-state index in [0.29, 0.717) is 6.42 Å². The highest BCUT2D eigenvalue weighted by Crippen LogP contribution is 2.11. The highest BCUT2D eigenvalue weighted by atomic mass is 16.1. The normalized spacial score (nSPS) is 10.9. The van der Waals surface area contributed by atoms with Crippen LogP contribution in [0.25, 0.3) is 10.9 Å². The van der Waals surface area contributed by atoms with Crippen LogP contribution in [0.2, 0.25) is 0 Å². The first-order chi connectivity index (χ1) is 10.2. The second-order valence-corrected chi connectivity index (χ2v) is 5.67. The van der Waals surface area contributed by atoms with Crippen molar-refractivity contribution in [1.29, 1.82) is 0 Å². The van der Waals surface area contributed by atoms with Crippen molar-refractivity contribution >= 4 is 16.7 Å². The number of hydrogen-bond donors (Lipinski definition) is 1. The molecule has 0 unspecified atom stereocenters. The van der Waals surface area contributed by atoms with Crippen molar-refractivity contribution in [2.75, 3.05) is 0 Å². The minimum absolute atomic E-state index is 0.0980. The number of aromatic amines is 1. The van der Waals surface area contributed by atoms with Crippen LogP contribution in [0, 0.1) is 0 Å². The van der Waals surface area contributed by atoms with Crippen molar-refractivity contribution < 1.29 is 4.79 Å². The van der Waals surface area contributed by atoms with Gasteiger partial charge in [0.1, 0.15) is 5.78 Å². The van der Waals surface area contributed by atoms with Gasteiger partial charge in [-0.25, -0.2) is 0 Å². The Bertz CT molecular complexity index is 658. The van der Waals surface area contributed by atoms with Gasteiger partial charge in [0.15, 0.2) is 5.43 Å². The van der Waals surface area contributed by atoms with E-state index in [0.717, 1.165) is 55.1 Å². The first kappa shape index (κ1) is 15.5. The van der Waals surface area contributed by atoms with Crippen molar-refractivity contribution in [3.05, 3.63) is 46.2 Å². The zero-order chi connectivity index (χ0) is 15.1. The molecular formula is C18H23NO2. The third-order valence-corrected chi connectivity index (χ3v) is 3.77. The summed E-state index contributed by atoms with van der Waals surface area (Å²) in [6, 6.07) is 9.35. The molecule has 0 amide bonds. The SMILES string of the molecule is CC(=O)CCCCCCCc1cc(=O)c2ccccc2[nH]1. The Morgan fingerprint density at radius 2 is 1.76 bits per heavy atom. The van der Waals surface area contributed by atoms with Gasteiger partial charge in [-0.15, -0.1) is 0 Å². The number of H-pyrrole nitrogens is 1. The maximum atomic E-state index is 12.0. The molecule has 1 aromatic heterocycles. The molecule has 3 nitrogen and oxygen atoms in total. The van der Waals surface area contributed by atoms with Gasteiger partial charge in [-0.1, -0.05) is 31.4 Å². The number of benzene rings is 1. The highest BCUT2D eigenvalue weighted by molar-refractivity contribution is 5.78. The molecule has 0 bridgehead atoms. The van der Waals surface area contributed by atoms with E-state index >= 15 is 0 Å². The number of unbranched alkanes of at least 4 members (excludes halogenated alkanes) is 4. The molecule has 0 aliphatic carbocycles. The molecule has 1 aromatic carbocycles. The summed E-state index contributed by atoms with van der Waals surface area (Å²) < 4.78 is 0. The van der Waals surface area contributed by atoms with Crippen molar-refractivity contribution in [3.63, 3.8) is 0 Å². The van der Waals surface area contributed by atoms with Crippen molar-refractivity contribution in [3.8, 4) is 0 Å². The number of carbonyl (C=O) groups excluding carboxylic acids is 1. The molecule has 3 heteroatoms. The molecule has 0 aliphatic heterocycles. The summed E-state index contributed by atoms with van der Waals surface area (Å²) in [5, 5.41) is 0.755. The van der Waals surface area contributed by atoms with Crippen molar-refractivity contribution in [2.45, 2.75) is 51.9 Å². The van der Waals surface area contributed by atoms with Crippen LogP contribution in [0.3, 0.4) is 0 Å². The smallest absolute Gasteiger partial charge is 0.189 e. The molecule has 2 rings (SSSR count). The van der Waals surface area contributed by atoms with Gasteiger partial charge in [0.25, 0.3) is 0 Å². The number of hydrogen-bond acceptors (Lipinski definition) is 2. The monoisotopic (exact) mass is 285 g/mol. The zero-order valence-corrected chi connectivity index (χ0v) is 12.7. The van der Waals surface area contributed by atoms with Gasteiger partial charge in [-0.05, 0) is 38.3 Å². The minimum atomic E-state index is 0.0980. The van der Waals surface area contributed by atoms with Crippen LogP contribution in [-0.4, -0.2) is 10.8 Å². The molecule has 0 saturated heterocycles. The summed E-state index contributed by atoms with van der Waals surface area (Å²) in [4.78, 5) is 26.1. The van der Waals surface area contributed by atoms with Crippen LogP contribution in [0.1, 0.15) is 51.1 Å². The number of Topliss-reactive ketones (excluding diaryl/α,β-unsaturated/α-hetero) is 1. The Morgan fingerprint density at radius 1 is 1.05 bits per heavy atom. The van der Waals surface area contributed by atoms with E-state index in [1.54, 1.807) is 13.0 Å². The van der Waals surface area contributed by atoms with Crippen molar-refractivity contribution in [1.82, 2.24) is 4.98 Å². The van der Waals surface area contributed by atoms with Crippen molar-refractivity contribution in [2.24, 2.45) is 0 Å². The molecule has 1 heterocycles. The maximum Gasteiger partial charge on any atom is 0.189 e. The van der Waals surface area contributed by atoms with Crippen LogP contribution in [-0.2, 0) is 11.2 Å². The number of aromatic nitrogens is 1. The molecule has 0 saturated carbocycles. The lowest BCUT2D eigenvalue weighted by molar-refractivity contribution is -0.117. The van der Waals surface area contributed by atoms with E-state index in [1.165, 1.54) is 0 Å². The van der Waals surface area contributed by atoms with E-state index in [2.05, 4.69) is 4.98 Å². The number of carbonyl (C=O) groups is 1. The summed E-state index contributed by atoms with van der Waals surface area (Å²) in [6.07, 6.45) is 7.12. The van der Waals surface area contributed by atoms with Gasteiger partial charge in [0, 0.05) is 29.1 Å². The third-order valence-electron chi connectivity index (χ3n) is 3.77. The Labute approximate surface area is 125 Å². The summed E-state index contributed by atoms with van der Waals surface area (Å²) in [7, 11) is 0. The molecule has 1 N–H and O–H groups in total. The van der Waals surface area contributed by atoms with Gasteiger partial charge < -0.3 is 9.78 Å². The Balaban J connectivity index is 1.79. The van der Waals surface area contributed by atoms with Gasteiger partial charge in [-0.3, -0.25) is 4.79 Å². The van der Waals surface area contributed by atoms with E-state index in [4.69, 9.17) is 0 Å². The fourth-order valence-corrected chi connectivity index (χ4v) is 2.61. The van der Waals surface area contributed by atoms with Crippen LogP contribution in [0.4, 0.5) is 0 Å². The van der Waals surface area contributed by atoms with E-state index in [-0.39, 0.29) is 11.2 Å². The topological polar surface area (TPSA) is 49.9 Å². The van der Waals surface area contributed by atoms with E-state index in [9.17, 15) is 9.59 Å². The van der Waals surface area contributed by atoms with Crippen LogP contribution in [0.15, 0.2) is 35.1 Å². The number of para-hydroxylation sites is 1. The first-order valence-electron chi connectivity index (χ1n) is 7.77. The third kappa shape index (κ3) is 4.85. The second kappa shape index (κ2) is 7.77. The van der Waals surface area contributed by atoms with E-state index < -0.39 is 0 Å². The molecular weight excluding hydrogens is 262 g/mol. The minimum Gasteiger partial charge on any atom is -0.358 e. The average Bonchev–Trinajstić information content (AvgIpc) is 2.46. The summed E-state index contributed by atoms with van der Waals surface area (Å²) >= 11 is 0. The largest absolute Gasteiger partial charge is 0.358 e. The van der Waals surface area contributed by atoms with Gasteiger partial charge in [0.2, 0.25) is 0 Å². The lowest BCUT2D eigenvalue weighted by Gasteiger charge is -2.04. The summed E-state index contributed by atoms with van der Waals surface area (Å²) in [6.45, 7) is 1.65. The number of aryl methyl sites for hydroxylation is 1. The van der Waals surface area contributed by atoms with Crippen LogP contribution < -0.4 is 5.43 Å². The van der Waals surface area contributed by atoms with Gasteiger partial charge in [0.05, 0.1) is 0 Å². The maximum absolute atomic E-state index is 12.0. The standard InChI is InChI=1S/C18H23NO2/c1-14(20)9-5-3-2-4-6-10-15-13-18(21)16-11-7-8-12-17(16)19-15/h7-8,11-13H,2-6,9-10H2,1H3,(H,19,21).